The van der Waals surface area contributed by atoms with Crippen molar-refractivity contribution in [2.75, 3.05) is 33.4 Å². The van der Waals surface area contributed by atoms with Gasteiger partial charge in [0, 0.05) is 51.5 Å². The molecule has 1 N–H and O–H groups in total. The van der Waals surface area contributed by atoms with Crippen LogP contribution in [0.25, 0.3) is 0 Å². The van der Waals surface area contributed by atoms with Gasteiger partial charge in [0.1, 0.15) is 12.2 Å². The second kappa shape index (κ2) is 9.82. The molecule has 1 aromatic rings. The van der Waals surface area contributed by atoms with Gasteiger partial charge in [0.25, 0.3) is 0 Å². The van der Waals surface area contributed by atoms with Gasteiger partial charge in [0.05, 0.1) is 6.61 Å². The molecule has 0 unspecified atom stereocenters. The molecular formula is C19H31N5O3. The van der Waals surface area contributed by atoms with Crippen molar-refractivity contribution in [1.29, 1.82) is 0 Å². The SMILES string of the molecule is COCCn1cnnc1CCNC(=O)C1CCN(C(=O)C2CCCC2)CC1. The molecule has 0 aromatic carbocycles. The Morgan fingerprint density at radius 3 is 2.63 bits per heavy atom. The predicted molar refractivity (Wildman–Crippen MR) is 99.9 cm³/mol. The molecular weight excluding hydrogens is 346 g/mol. The number of nitrogens with zero attached hydrogens (tertiary/aromatic N) is 4. The van der Waals surface area contributed by atoms with Crippen LogP contribution in [-0.2, 0) is 27.3 Å². The lowest BCUT2D eigenvalue weighted by Crippen LogP contribution is -2.45. The number of carbonyl (C=O) groups is 2. The predicted octanol–water partition coefficient (Wildman–Crippen LogP) is 1.01. The van der Waals surface area contributed by atoms with E-state index in [0.717, 1.165) is 31.5 Å². The van der Waals surface area contributed by atoms with Crippen molar-refractivity contribution >= 4 is 11.8 Å². The highest BCUT2D eigenvalue weighted by molar-refractivity contribution is 5.81. The van der Waals surface area contributed by atoms with Gasteiger partial charge < -0.3 is 19.5 Å². The first kappa shape index (κ1) is 19.8. The van der Waals surface area contributed by atoms with E-state index in [1.165, 1.54) is 12.8 Å². The Hall–Kier alpha value is -1.96. The van der Waals surface area contributed by atoms with Gasteiger partial charge in [-0.1, -0.05) is 12.8 Å². The fourth-order valence-corrected chi connectivity index (χ4v) is 4.08. The standard InChI is InChI=1S/C19H31N5O3/c1-27-13-12-24-14-21-22-17(24)6-9-20-18(25)15-7-10-23(11-8-15)19(26)16-4-2-3-5-16/h14-16H,2-13H2,1H3,(H,20,25). The molecule has 2 fully saturated rings. The Bertz CT molecular complexity index is 619. The summed E-state index contributed by atoms with van der Waals surface area (Å²) in [4.78, 5) is 26.9. The summed E-state index contributed by atoms with van der Waals surface area (Å²) < 4.78 is 7.02. The van der Waals surface area contributed by atoms with Crippen LogP contribution in [0.4, 0.5) is 0 Å². The van der Waals surface area contributed by atoms with Crippen LogP contribution < -0.4 is 5.32 Å². The van der Waals surface area contributed by atoms with Crippen molar-refractivity contribution in [3.63, 3.8) is 0 Å². The second-order valence-electron chi connectivity index (χ2n) is 7.56. The highest BCUT2D eigenvalue weighted by Crippen LogP contribution is 2.28. The Balaban J connectivity index is 1.37. The monoisotopic (exact) mass is 377 g/mol. The number of carbonyl (C=O) groups excluding carboxylic acids is 2. The lowest BCUT2D eigenvalue weighted by Gasteiger charge is -2.33. The van der Waals surface area contributed by atoms with E-state index < -0.39 is 0 Å². The summed E-state index contributed by atoms with van der Waals surface area (Å²) >= 11 is 0. The van der Waals surface area contributed by atoms with Gasteiger partial charge in [-0.3, -0.25) is 9.59 Å². The fraction of sp³-hybridized carbons (Fsp3) is 0.789. The van der Waals surface area contributed by atoms with Crippen molar-refractivity contribution < 1.29 is 14.3 Å². The zero-order chi connectivity index (χ0) is 19.1. The molecule has 1 aromatic heterocycles. The van der Waals surface area contributed by atoms with E-state index in [2.05, 4.69) is 15.5 Å². The van der Waals surface area contributed by atoms with Crippen LogP contribution in [-0.4, -0.2) is 64.8 Å². The molecule has 1 aliphatic heterocycles. The van der Waals surface area contributed by atoms with Gasteiger partial charge in [-0.2, -0.15) is 0 Å². The van der Waals surface area contributed by atoms with Crippen molar-refractivity contribution in [2.45, 2.75) is 51.5 Å². The molecule has 1 aliphatic carbocycles. The summed E-state index contributed by atoms with van der Waals surface area (Å²) in [5, 5.41) is 11.1. The maximum Gasteiger partial charge on any atom is 0.225 e. The maximum absolute atomic E-state index is 12.5. The van der Waals surface area contributed by atoms with E-state index in [1.807, 2.05) is 9.47 Å². The van der Waals surface area contributed by atoms with Crippen LogP contribution in [0, 0.1) is 11.8 Å². The summed E-state index contributed by atoms with van der Waals surface area (Å²) in [5.74, 6) is 1.48. The normalized spacial score (nSPS) is 18.8. The molecule has 2 aliphatic rings. The van der Waals surface area contributed by atoms with Crippen LogP contribution >= 0.6 is 0 Å². The molecule has 150 valence electrons. The summed E-state index contributed by atoms with van der Waals surface area (Å²) in [5.41, 5.74) is 0. The lowest BCUT2D eigenvalue weighted by atomic mass is 9.94. The van der Waals surface area contributed by atoms with E-state index in [0.29, 0.717) is 45.1 Å². The molecule has 8 nitrogen and oxygen atoms in total. The van der Waals surface area contributed by atoms with Gasteiger partial charge in [0.2, 0.25) is 11.8 Å². The number of nitrogens with one attached hydrogen (secondary N) is 1. The van der Waals surface area contributed by atoms with Crippen molar-refractivity contribution in [1.82, 2.24) is 25.0 Å². The smallest absolute Gasteiger partial charge is 0.225 e. The minimum atomic E-state index is 0.00369. The molecule has 0 spiro atoms. The first-order valence-electron chi connectivity index (χ1n) is 10.1. The third kappa shape index (κ3) is 5.28. The van der Waals surface area contributed by atoms with Crippen molar-refractivity contribution in [3.05, 3.63) is 12.2 Å². The van der Waals surface area contributed by atoms with E-state index in [-0.39, 0.29) is 17.7 Å². The number of likely N-dealkylation sites (tertiary alicyclic amines) is 1. The first-order chi connectivity index (χ1) is 13.2. The van der Waals surface area contributed by atoms with Crippen LogP contribution in [0.5, 0.6) is 0 Å². The molecule has 0 bridgehead atoms. The first-order valence-corrected chi connectivity index (χ1v) is 10.1. The Morgan fingerprint density at radius 2 is 1.93 bits per heavy atom. The third-order valence-corrected chi connectivity index (χ3v) is 5.76. The Kier molecular flexibility index (Phi) is 7.20. The number of hydrogen-bond acceptors (Lipinski definition) is 5. The fourth-order valence-electron chi connectivity index (χ4n) is 4.08. The zero-order valence-electron chi connectivity index (χ0n) is 16.2. The van der Waals surface area contributed by atoms with Crippen molar-refractivity contribution in [3.8, 4) is 0 Å². The number of amides is 2. The van der Waals surface area contributed by atoms with Gasteiger partial charge in [0.15, 0.2) is 0 Å². The average Bonchev–Trinajstić information content (AvgIpc) is 3.38. The number of rotatable bonds is 8. The molecule has 1 saturated carbocycles. The summed E-state index contributed by atoms with van der Waals surface area (Å²) in [6.45, 7) is 3.28. The minimum Gasteiger partial charge on any atom is -0.383 e. The topological polar surface area (TPSA) is 89.3 Å². The van der Waals surface area contributed by atoms with E-state index in [1.54, 1.807) is 13.4 Å². The van der Waals surface area contributed by atoms with E-state index in [9.17, 15) is 9.59 Å². The second-order valence-corrected chi connectivity index (χ2v) is 7.56. The summed E-state index contributed by atoms with van der Waals surface area (Å²) in [6.07, 6.45) is 8.27. The molecule has 1 saturated heterocycles. The molecule has 27 heavy (non-hydrogen) atoms. The lowest BCUT2D eigenvalue weighted by molar-refractivity contribution is -0.139. The Labute approximate surface area is 160 Å². The highest BCUT2D eigenvalue weighted by atomic mass is 16.5. The minimum absolute atomic E-state index is 0.00369. The third-order valence-electron chi connectivity index (χ3n) is 5.76. The van der Waals surface area contributed by atoms with Gasteiger partial charge in [-0.15, -0.1) is 10.2 Å². The average molecular weight is 377 g/mol. The summed E-state index contributed by atoms with van der Waals surface area (Å²) in [7, 11) is 1.66. The number of methoxy groups -OCH3 is 1. The number of aromatic nitrogens is 3. The van der Waals surface area contributed by atoms with Crippen LogP contribution in [0.2, 0.25) is 0 Å². The van der Waals surface area contributed by atoms with Gasteiger partial charge >= 0.3 is 0 Å². The van der Waals surface area contributed by atoms with Gasteiger partial charge in [-0.25, -0.2) is 0 Å². The largest absolute Gasteiger partial charge is 0.383 e. The van der Waals surface area contributed by atoms with Crippen LogP contribution in [0.15, 0.2) is 6.33 Å². The van der Waals surface area contributed by atoms with Crippen LogP contribution in [0.1, 0.15) is 44.3 Å². The maximum atomic E-state index is 12.5. The summed E-state index contributed by atoms with van der Waals surface area (Å²) in [6, 6.07) is 0. The zero-order valence-corrected chi connectivity index (χ0v) is 16.2. The molecule has 8 heteroatoms. The molecule has 2 heterocycles. The molecule has 0 atom stereocenters. The number of hydrogen-bond donors (Lipinski definition) is 1. The number of ether oxygens (including phenoxy) is 1. The number of piperidine rings is 1. The molecule has 0 radical (unpaired) electrons. The quantitative estimate of drug-likeness (QED) is 0.730. The highest BCUT2D eigenvalue weighted by Gasteiger charge is 2.31. The Morgan fingerprint density at radius 1 is 1.19 bits per heavy atom. The molecule has 3 rings (SSSR count). The van der Waals surface area contributed by atoms with Crippen LogP contribution in [0.3, 0.4) is 0 Å². The van der Waals surface area contributed by atoms with Gasteiger partial charge in [-0.05, 0) is 25.7 Å². The van der Waals surface area contributed by atoms with Crippen molar-refractivity contribution in [2.24, 2.45) is 11.8 Å². The van der Waals surface area contributed by atoms with E-state index >= 15 is 0 Å². The van der Waals surface area contributed by atoms with E-state index in [4.69, 9.17) is 4.74 Å². The molecule has 2 amide bonds.